The van der Waals surface area contributed by atoms with Crippen molar-refractivity contribution in [3.63, 3.8) is 0 Å². The zero-order chi connectivity index (χ0) is 23.4. The highest BCUT2D eigenvalue weighted by Gasteiger charge is 2.24. The number of rotatable bonds is 7. The molecule has 0 spiro atoms. The minimum absolute atomic E-state index is 0.0785. The number of benzene rings is 2. The van der Waals surface area contributed by atoms with E-state index < -0.39 is 0 Å². The van der Waals surface area contributed by atoms with Crippen molar-refractivity contribution < 1.29 is 9.59 Å². The van der Waals surface area contributed by atoms with Gasteiger partial charge in [0.1, 0.15) is 0 Å². The highest BCUT2D eigenvalue weighted by atomic mass is 32.1. The molecule has 2 aromatic carbocycles. The van der Waals surface area contributed by atoms with E-state index in [1.165, 1.54) is 0 Å². The Balaban J connectivity index is 1.43. The number of primary amides is 1. The molecule has 2 amide bonds. The Bertz CT molecular complexity index is 1210. The van der Waals surface area contributed by atoms with Crippen molar-refractivity contribution in [2.75, 3.05) is 23.3 Å². The molecule has 0 aliphatic carbocycles. The van der Waals surface area contributed by atoms with Gasteiger partial charge in [-0.25, -0.2) is 0 Å². The third-order valence-corrected chi connectivity index (χ3v) is 6.32. The second-order valence-electron chi connectivity index (χ2n) is 8.35. The van der Waals surface area contributed by atoms with Crippen molar-refractivity contribution in [2.45, 2.75) is 32.7 Å². The van der Waals surface area contributed by atoms with Crippen LogP contribution in [0.3, 0.4) is 0 Å². The van der Waals surface area contributed by atoms with Gasteiger partial charge in [0.2, 0.25) is 11.8 Å². The summed E-state index contributed by atoms with van der Waals surface area (Å²) >= 11 is 5.39. The fraction of sp³-hybridized carbons (Fsp3) is 0.333. The van der Waals surface area contributed by atoms with Crippen molar-refractivity contribution >= 4 is 35.4 Å². The van der Waals surface area contributed by atoms with E-state index in [0.29, 0.717) is 17.1 Å². The lowest BCUT2D eigenvalue weighted by Gasteiger charge is -2.33. The van der Waals surface area contributed by atoms with Crippen molar-refractivity contribution in [2.24, 2.45) is 11.7 Å². The molecule has 33 heavy (non-hydrogen) atoms. The number of nitrogens with zero attached hydrogens (tertiary/aromatic N) is 3. The zero-order valence-corrected chi connectivity index (χ0v) is 19.4. The van der Waals surface area contributed by atoms with Gasteiger partial charge in [0.25, 0.3) is 0 Å². The van der Waals surface area contributed by atoms with Gasteiger partial charge in [0, 0.05) is 37.5 Å². The lowest BCUT2D eigenvalue weighted by atomic mass is 9.96. The number of H-pyrrole nitrogens is 1. The summed E-state index contributed by atoms with van der Waals surface area (Å²) in [6.45, 7) is 3.89. The number of hydrogen-bond donors (Lipinski definition) is 3. The second-order valence-corrected chi connectivity index (χ2v) is 8.74. The van der Waals surface area contributed by atoms with Crippen LogP contribution in [0, 0.1) is 17.6 Å². The number of nitrogens with two attached hydrogens (primary N) is 1. The topological polar surface area (TPSA) is 109 Å². The smallest absolute Gasteiger partial charge is 0.226 e. The molecule has 0 atom stereocenters. The van der Waals surface area contributed by atoms with Gasteiger partial charge in [0.15, 0.2) is 10.6 Å². The van der Waals surface area contributed by atoms with Crippen LogP contribution in [0.4, 0.5) is 11.4 Å². The van der Waals surface area contributed by atoms with Gasteiger partial charge >= 0.3 is 0 Å². The number of carbonyl (C=O) groups excluding carboxylic acids is 2. The van der Waals surface area contributed by atoms with Crippen LogP contribution >= 0.6 is 12.2 Å². The quantitative estimate of drug-likeness (QED) is 0.463. The number of carbonyl (C=O) groups is 2. The molecule has 1 aliphatic heterocycles. The van der Waals surface area contributed by atoms with E-state index in [-0.39, 0.29) is 24.2 Å². The van der Waals surface area contributed by atoms with E-state index in [1.807, 2.05) is 60.0 Å². The summed E-state index contributed by atoms with van der Waals surface area (Å²) in [4.78, 5) is 26.5. The van der Waals surface area contributed by atoms with Gasteiger partial charge in [-0.2, -0.15) is 5.10 Å². The fourth-order valence-electron chi connectivity index (χ4n) is 4.22. The standard InChI is InChI=1S/C24H28N6O2S/c1-16-5-4-6-18(15-16)23-27-28-24(33)30(23)14-11-21(31)26-19-7-2-3-8-20(19)29-12-9-17(10-13-29)22(25)32/h2-8,15,17H,9-14H2,1H3,(H2,25,32)(H,26,31)(H,28,33). The highest BCUT2D eigenvalue weighted by molar-refractivity contribution is 7.71. The molecule has 0 bridgehead atoms. The average molecular weight is 465 g/mol. The van der Waals surface area contributed by atoms with Gasteiger partial charge in [-0.15, -0.1) is 0 Å². The van der Waals surface area contributed by atoms with Crippen LogP contribution in [0.1, 0.15) is 24.8 Å². The first-order valence-corrected chi connectivity index (χ1v) is 11.5. The molecular weight excluding hydrogens is 436 g/mol. The Morgan fingerprint density at radius 3 is 2.67 bits per heavy atom. The average Bonchev–Trinajstić information content (AvgIpc) is 3.18. The first kappa shape index (κ1) is 22.7. The molecule has 1 aliphatic rings. The molecule has 0 unspecified atom stereocenters. The molecule has 0 radical (unpaired) electrons. The van der Waals surface area contributed by atoms with Gasteiger partial charge in [0.05, 0.1) is 11.4 Å². The summed E-state index contributed by atoms with van der Waals surface area (Å²) in [6, 6.07) is 15.8. The fourth-order valence-corrected chi connectivity index (χ4v) is 4.44. The summed E-state index contributed by atoms with van der Waals surface area (Å²) < 4.78 is 2.33. The molecule has 4 N–H and O–H groups in total. The number of nitrogens with one attached hydrogen (secondary N) is 2. The van der Waals surface area contributed by atoms with E-state index in [1.54, 1.807) is 0 Å². The van der Waals surface area contributed by atoms with E-state index in [2.05, 4.69) is 20.4 Å². The molecule has 4 rings (SSSR count). The van der Waals surface area contributed by atoms with Crippen LogP contribution in [0.25, 0.3) is 11.4 Å². The third kappa shape index (κ3) is 5.31. The molecular formula is C24H28N6O2S. The van der Waals surface area contributed by atoms with E-state index in [0.717, 1.165) is 48.4 Å². The number of hydrogen-bond acceptors (Lipinski definition) is 5. The maximum Gasteiger partial charge on any atom is 0.226 e. The number of piperidine rings is 1. The van der Waals surface area contributed by atoms with Gasteiger partial charge in [-0.3, -0.25) is 19.3 Å². The van der Waals surface area contributed by atoms with E-state index in [9.17, 15) is 9.59 Å². The van der Waals surface area contributed by atoms with E-state index >= 15 is 0 Å². The highest BCUT2D eigenvalue weighted by Crippen LogP contribution is 2.30. The Morgan fingerprint density at radius 2 is 1.94 bits per heavy atom. The number of amides is 2. The SMILES string of the molecule is Cc1cccc(-c2n[nH]c(=S)n2CCC(=O)Nc2ccccc2N2CCC(C(N)=O)CC2)c1. The van der Waals surface area contributed by atoms with Crippen LogP contribution in [-0.4, -0.2) is 39.7 Å². The molecule has 3 aromatic rings. The zero-order valence-electron chi connectivity index (χ0n) is 18.6. The van der Waals surface area contributed by atoms with Crippen LogP contribution in [-0.2, 0) is 16.1 Å². The Morgan fingerprint density at radius 1 is 1.18 bits per heavy atom. The van der Waals surface area contributed by atoms with Crippen molar-refractivity contribution in [1.29, 1.82) is 0 Å². The van der Waals surface area contributed by atoms with Gasteiger partial charge < -0.3 is 16.0 Å². The summed E-state index contributed by atoms with van der Waals surface area (Å²) in [6.07, 6.45) is 1.70. The molecule has 1 fully saturated rings. The summed E-state index contributed by atoms with van der Waals surface area (Å²) in [5.74, 6) is 0.297. The first-order chi connectivity index (χ1) is 15.9. The maximum absolute atomic E-state index is 12.8. The van der Waals surface area contributed by atoms with Crippen LogP contribution < -0.4 is 16.0 Å². The second kappa shape index (κ2) is 9.99. The molecule has 1 saturated heterocycles. The predicted octanol–water partition coefficient (Wildman–Crippen LogP) is 3.65. The molecule has 9 heteroatoms. The summed E-state index contributed by atoms with van der Waals surface area (Å²) in [5.41, 5.74) is 9.25. The van der Waals surface area contributed by atoms with Crippen molar-refractivity contribution in [1.82, 2.24) is 14.8 Å². The van der Waals surface area contributed by atoms with Gasteiger partial charge in [-0.1, -0.05) is 35.9 Å². The predicted molar refractivity (Wildman–Crippen MR) is 131 cm³/mol. The van der Waals surface area contributed by atoms with Crippen LogP contribution in [0.2, 0.25) is 0 Å². The monoisotopic (exact) mass is 464 g/mol. The van der Waals surface area contributed by atoms with Gasteiger partial charge in [-0.05, 0) is 50.2 Å². The Kier molecular flexibility index (Phi) is 6.88. The van der Waals surface area contributed by atoms with Crippen molar-refractivity contribution in [3.05, 3.63) is 58.9 Å². The Hall–Kier alpha value is -3.46. The normalized spacial score (nSPS) is 14.3. The lowest BCUT2D eigenvalue weighted by Crippen LogP contribution is -2.38. The summed E-state index contributed by atoms with van der Waals surface area (Å²) in [7, 11) is 0. The number of anilines is 2. The van der Waals surface area contributed by atoms with Crippen LogP contribution in [0.5, 0.6) is 0 Å². The molecule has 2 heterocycles. The number of para-hydroxylation sites is 2. The van der Waals surface area contributed by atoms with E-state index in [4.69, 9.17) is 18.0 Å². The third-order valence-electron chi connectivity index (χ3n) is 6.01. The largest absolute Gasteiger partial charge is 0.370 e. The minimum Gasteiger partial charge on any atom is -0.370 e. The molecule has 172 valence electrons. The number of aromatic nitrogens is 3. The lowest BCUT2D eigenvalue weighted by molar-refractivity contribution is -0.122. The number of aryl methyl sites for hydroxylation is 1. The number of aromatic amines is 1. The summed E-state index contributed by atoms with van der Waals surface area (Å²) in [5, 5.41) is 10.2. The molecule has 8 nitrogen and oxygen atoms in total. The maximum atomic E-state index is 12.8. The van der Waals surface area contributed by atoms with Crippen molar-refractivity contribution in [3.8, 4) is 11.4 Å². The Labute approximate surface area is 197 Å². The molecule has 0 saturated carbocycles. The first-order valence-electron chi connectivity index (χ1n) is 11.1. The van der Waals surface area contributed by atoms with Crippen LogP contribution in [0.15, 0.2) is 48.5 Å². The minimum atomic E-state index is -0.237. The molecule has 1 aromatic heterocycles.